The maximum absolute atomic E-state index is 11.7. The first-order valence-corrected chi connectivity index (χ1v) is 6.78. The summed E-state index contributed by atoms with van der Waals surface area (Å²) in [7, 11) is 0. The molecule has 22 heavy (non-hydrogen) atoms. The van der Waals surface area contributed by atoms with Crippen LogP contribution in [0.3, 0.4) is 0 Å². The molecule has 0 spiro atoms. The number of amides is 1. The Labute approximate surface area is 128 Å². The number of carbonyl (C=O) groups excluding carboxylic acids is 1. The molecule has 0 radical (unpaired) electrons. The lowest BCUT2D eigenvalue weighted by Gasteiger charge is -2.06. The van der Waals surface area contributed by atoms with Crippen LogP contribution in [0.2, 0.25) is 0 Å². The average Bonchev–Trinajstić information content (AvgIpc) is 3.01. The summed E-state index contributed by atoms with van der Waals surface area (Å²) in [6.45, 7) is 0.0720. The summed E-state index contributed by atoms with van der Waals surface area (Å²) in [5, 5.41) is 16.2. The molecule has 114 valence electrons. The van der Waals surface area contributed by atoms with E-state index in [1.807, 2.05) is 18.2 Å². The molecule has 2 aromatic rings. The fraction of sp³-hybridized carbons (Fsp3) is 0.0833. The van der Waals surface area contributed by atoms with Crippen molar-refractivity contribution in [1.29, 1.82) is 0 Å². The number of thiazole rings is 1. The van der Waals surface area contributed by atoms with Crippen LogP contribution in [0, 0.1) is 10.1 Å². The molecule has 10 heteroatoms. The lowest BCUT2D eigenvalue weighted by molar-refractivity contribution is -0.380. The van der Waals surface area contributed by atoms with E-state index in [1.54, 1.807) is 12.1 Å². The van der Waals surface area contributed by atoms with E-state index < -0.39 is 11.0 Å². The Morgan fingerprint density at radius 2 is 2.18 bits per heavy atom. The average molecular weight is 321 g/mol. The second kappa shape index (κ2) is 7.13. The second-order valence-electron chi connectivity index (χ2n) is 3.93. The summed E-state index contributed by atoms with van der Waals surface area (Å²) in [5.74, 6) is 5.06. The maximum Gasteiger partial charge on any atom is 0.413 e. The second-order valence-corrected chi connectivity index (χ2v) is 4.93. The number of nitrogens with zero attached hydrogens (tertiary/aromatic N) is 3. The van der Waals surface area contributed by atoms with Gasteiger partial charge in [-0.05, 0) is 16.9 Å². The number of nitro groups is 1. The molecular weight excluding hydrogens is 310 g/mol. The number of ether oxygens (including phenoxy) is 1. The van der Waals surface area contributed by atoms with Crippen molar-refractivity contribution in [2.45, 2.75) is 6.61 Å². The summed E-state index contributed by atoms with van der Waals surface area (Å²) >= 11 is 0.739. The molecule has 0 fully saturated rings. The number of rotatable bonds is 4. The van der Waals surface area contributed by atoms with Gasteiger partial charge in [-0.2, -0.15) is 5.10 Å². The normalized spacial score (nSPS) is 11.0. The number of hydrogen-bond acceptors (Lipinski definition) is 8. The molecule has 0 unspecified atom stereocenters. The van der Waals surface area contributed by atoms with Gasteiger partial charge in [-0.15, -0.1) is 0 Å². The minimum absolute atomic E-state index is 0.0720. The van der Waals surface area contributed by atoms with Crippen LogP contribution in [0.25, 0.3) is 0 Å². The first kappa shape index (κ1) is 15.4. The van der Waals surface area contributed by atoms with Gasteiger partial charge in [0.15, 0.2) is 10.8 Å². The van der Waals surface area contributed by atoms with Gasteiger partial charge in [-0.25, -0.2) is 9.78 Å². The molecule has 1 aromatic carbocycles. The number of aromatic nitrogens is 1. The van der Waals surface area contributed by atoms with Crippen molar-refractivity contribution in [3.05, 3.63) is 57.2 Å². The predicted octanol–water partition coefficient (Wildman–Crippen LogP) is 1.60. The molecule has 9 nitrogen and oxygen atoms in total. The summed E-state index contributed by atoms with van der Waals surface area (Å²) in [6, 6.07) is 9.08. The Balaban J connectivity index is 1.95. The van der Waals surface area contributed by atoms with Crippen LogP contribution >= 0.6 is 11.3 Å². The fourth-order valence-electron chi connectivity index (χ4n) is 1.46. The van der Waals surface area contributed by atoms with Crippen LogP contribution in [0.15, 0.2) is 41.6 Å². The van der Waals surface area contributed by atoms with E-state index in [0.29, 0.717) is 0 Å². The molecule has 3 N–H and O–H groups in total. The molecule has 1 aromatic heterocycles. The summed E-state index contributed by atoms with van der Waals surface area (Å²) < 4.78 is 4.99. The van der Waals surface area contributed by atoms with E-state index in [2.05, 4.69) is 15.4 Å². The van der Waals surface area contributed by atoms with Gasteiger partial charge in [-0.1, -0.05) is 30.3 Å². The van der Waals surface area contributed by atoms with Crippen molar-refractivity contribution in [3.63, 3.8) is 0 Å². The Morgan fingerprint density at radius 3 is 2.77 bits per heavy atom. The van der Waals surface area contributed by atoms with Gasteiger partial charge in [0.25, 0.3) is 0 Å². The topological polar surface area (TPSA) is 133 Å². The molecule has 0 atom stereocenters. The van der Waals surface area contributed by atoms with Gasteiger partial charge in [0.2, 0.25) is 0 Å². The highest BCUT2D eigenvalue weighted by molar-refractivity contribution is 7.16. The number of nitrogens with two attached hydrogens (primary N) is 1. The zero-order chi connectivity index (χ0) is 15.9. The molecule has 2 rings (SSSR count). The third kappa shape index (κ3) is 3.99. The lowest BCUT2D eigenvalue weighted by Crippen LogP contribution is -2.32. The molecule has 0 saturated heterocycles. The minimum atomic E-state index is -0.786. The maximum atomic E-state index is 11.7. The number of hydrogen-bond donors (Lipinski definition) is 2. The molecule has 0 aliphatic carbocycles. The first-order valence-electron chi connectivity index (χ1n) is 5.96. The van der Waals surface area contributed by atoms with Crippen molar-refractivity contribution < 1.29 is 14.5 Å². The number of carbonyl (C=O) groups is 1. The number of hydrazone groups is 1. The van der Waals surface area contributed by atoms with Gasteiger partial charge >= 0.3 is 11.1 Å². The highest BCUT2D eigenvalue weighted by atomic mass is 32.1. The van der Waals surface area contributed by atoms with E-state index in [0.717, 1.165) is 23.1 Å². The van der Waals surface area contributed by atoms with Gasteiger partial charge in [0.1, 0.15) is 12.8 Å². The standard InChI is InChI=1S/C12H11N5O4S/c13-16-10(11-14-6-9(22-11)17(19)20)15-12(18)21-7-8-4-2-1-3-5-8/h1-6H,7,13H2,(H,15,16,18). The third-order valence-corrected chi connectivity index (χ3v) is 3.39. The molecule has 0 aliphatic heterocycles. The summed E-state index contributed by atoms with van der Waals surface area (Å²) in [6.07, 6.45) is 0.272. The Hall–Kier alpha value is -3.01. The van der Waals surface area contributed by atoms with Gasteiger partial charge in [0, 0.05) is 0 Å². The summed E-state index contributed by atoms with van der Waals surface area (Å²) in [5.41, 5.74) is 0.814. The molecule has 1 amide bonds. The van der Waals surface area contributed by atoms with Crippen molar-refractivity contribution in [2.24, 2.45) is 10.9 Å². The lowest BCUT2D eigenvalue weighted by atomic mass is 10.2. The number of amidine groups is 1. The molecule has 1 heterocycles. The number of benzene rings is 1. The van der Waals surface area contributed by atoms with Gasteiger partial charge < -0.3 is 10.6 Å². The third-order valence-electron chi connectivity index (χ3n) is 2.44. The zero-order valence-corrected chi connectivity index (χ0v) is 11.9. The highest BCUT2D eigenvalue weighted by Gasteiger charge is 2.18. The van der Waals surface area contributed by atoms with Crippen molar-refractivity contribution in [3.8, 4) is 0 Å². The zero-order valence-electron chi connectivity index (χ0n) is 11.1. The quantitative estimate of drug-likeness (QED) is 0.289. The van der Waals surface area contributed by atoms with Crippen molar-refractivity contribution in [1.82, 2.24) is 10.3 Å². The fourth-order valence-corrected chi connectivity index (χ4v) is 2.14. The van der Waals surface area contributed by atoms with Gasteiger partial charge in [-0.3, -0.25) is 15.4 Å². The predicted molar refractivity (Wildman–Crippen MR) is 79.3 cm³/mol. The summed E-state index contributed by atoms with van der Waals surface area (Å²) in [4.78, 5) is 25.5. The Bertz CT molecular complexity index is 701. The highest BCUT2D eigenvalue weighted by Crippen LogP contribution is 2.20. The van der Waals surface area contributed by atoms with Crippen LogP contribution in [-0.4, -0.2) is 21.8 Å². The van der Waals surface area contributed by atoms with Crippen LogP contribution in [0.5, 0.6) is 0 Å². The smallest absolute Gasteiger partial charge is 0.413 e. The van der Waals surface area contributed by atoms with Crippen molar-refractivity contribution in [2.75, 3.05) is 0 Å². The van der Waals surface area contributed by atoms with Crippen LogP contribution in [-0.2, 0) is 11.3 Å². The van der Waals surface area contributed by atoms with E-state index >= 15 is 0 Å². The first-order chi connectivity index (χ1) is 10.6. The Kier molecular flexibility index (Phi) is 4.98. The molecular formula is C12H11N5O4S. The van der Waals surface area contributed by atoms with E-state index in [9.17, 15) is 14.9 Å². The van der Waals surface area contributed by atoms with E-state index in [-0.39, 0.29) is 22.5 Å². The largest absolute Gasteiger partial charge is 0.444 e. The Morgan fingerprint density at radius 1 is 1.45 bits per heavy atom. The van der Waals surface area contributed by atoms with Crippen LogP contribution < -0.4 is 11.2 Å². The molecule has 0 aliphatic rings. The van der Waals surface area contributed by atoms with E-state index in [4.69, 9.17) is 10.6 Å². The molecule has 0 saturated carbocycles. The van der Waals surface area contributed by atoms with Crippen LogP contribution in [0.4, 0.5) is 9.80 Å². The molecule has 0 bridgehead atoms. The van der Waals surface area contributed by atoms with Crippen LogP contribution in [0.1, 0.15) is 10.6 Å². The number of alkyl carbamates (subject to hydrolysis) is 1. The monoisotopic (exact) mass is 321 g/mol. The number of nitrogens with one attached hydrogen (secondary N) is 1. The van der Waals surface area contributed by atoms with Gasteiger partial charge in [0.05, 0.1) is 4.92 Å². The van der Waals surface area contributed by atoms with Crippen molar-refractivity contribution >= 4 is 28.3 Å². The minimum Gasteiger partial charge on any atom is -0.444 e. The van der Waals surface area contributed by atoms with E-state index in [1.165, 1.54) is 0 Å². The SMILES string of the molecule is NN=C(NC(=O)OCc1ccccc1)c1ncc([N+](=O)[O-])s1.